The lowest BCUT2D eigenvalue weighted by molar-refractivity contribution is -0.132. The minimum Gasteiger partial charge on any atom is -0.478 e. The number of carbonyl (C=O) groups is 2. The maximum atomic E-state index is 11.6. The first-order valence-electron chi connectivity index (χ1n) is 5.75. The number of carboxylic acid groups (broad SMARTS) is 1. The zero-order chi connectivity index (χ0) is 13.1. The maximum absolute atomic E-state index is 11.6. The predicted molar refractivity (Wildman–Crippen MR) is 64.7 cm³/mol. The smallest absolute Gasteiger partial charge is 0.328 e. The Hall–Kier alpha value is -1.36. The minimum absolute atomic E-state index is 0.117. The molecule has 1 heterocycles. The zero-order valence-corrected chi connectivity index (χ0v) is 10.6. The Balaban J connectivity index is 2.47. The average molecular weight is 240 g/mol. The number of piperazine rings is 1. The molecule has 0 atom stereocenters. The van der Waals surface area contributed by atoms with Gasteiger partial charge in [0.1, 0.15) is 0 Å². The van der Waals surface area contributed by atoms with Crippen molar-refractivity contribution in [1.82, 2.24) is 9.80 Å². The largest absolute Gasteiger partial charge is 0.478 e. The minimum atomic E-state index is -1.09. The van der Waals surface area contributed by atoms with E-state index in [4.69, 9.17) is 5.11 Å². The van der Waals surface area contributed by atoms with Crippen LogP contribution in [0.15, 0.2) is 12.2 Å². The van der Waals surface area contributed by atoms with E-state index in [-0.39, 0.29) is 11.4 Å². The van der Waals surface area contributed by atoms with Crippen molar-refractivity contribution in [3.8, 4) is 0 Å². The van der Waals surface area contributed by atoms with Crippen molar-refractivity contribution >= 4 is 11.9 Å². The second-order valence-electron chi connectivity index (χ2n) is 5.15. The van der Waals surface area contributed by atoms with Gasteiger partial charge in [-0.1, -0.05) is 0 Å². The summed E-state index contributed by atoms with van der Waals surface area (Å²) in [4.78, 5) is 25.9. The summed E-state index contributed by atoms with van der Waals surface area (Å²) >= 11 is 0. The first-order chi connectivity index (χ1) is 7.80. The summed E-state index contributed by atoms with van der Waals surface area (Å²) in [5.74, 6) is -1.31. The molecule has 0 spiro atoms. The molecule has 17 heavy (non-hydrogen) atoms. The summed E-state index contributed by atoms with van der Waals surface area (Å²) in [6.07, 6.45) is 2.01. The molecule has 0 aromatic rings. The molecule has 5 heteroatoms. The van der Waals surface area contributed by atoms with E-state index in [1.165, 1.54) is 0 Å². The molecule has 0 radical (unpaired) electrons. The second kappa shape index (κ2) is 5.31. The highest BCUT2D eigenvalue weighted by Crippen LogP contribution is 2.15. The molecule has 1 fully saturated rings. The van der Waals surface area contributed by atoms with Gasteiger partial charge in [-0.05, 0) is 20.8 Å². The predicted octanol–water partition coefficient (Wildman–Crippen LogP) is 0.570. The molecule has 0 unspecified atom stereocenters. The highest BCUT2D eigenvalue weighted by atomic mass is 16.4. The fourth-order valence-electron chi connectivity index (χ4n) is 1.85. The number of carbonyl (C=O) groups excluding carboxylic acids is 1. The van der Waals surface area contributed by atoms with Crippen LogP contribution in [0.1, 0.15) is 20.8 Å². The van der Waals surface area contributed by atoms with Gasteiger partial charge in [0, 0.05) is 43.9 Å². The van der Waals surface area contributed by atoms with E-state index in [0.717, 1.165) is 25.2 Å². The summed E-state index contributed by atoms with van der Waals surface area (Å²) < 4.78 is 0. The van der Waals surface area contributed by atoms with E-state index >= 15 is 0 Å². The van der Waals surface area contributed by atoms with Crippen molar-refractivity contribution in [3.63, 3.8) is 0 Å². The molecule has 5 nitrogen and oxygen atoms in total. The molecule has 1 saturated heterocycles. The molecule has 0 aromatic carbocycles. The van der Waals surface area contributed by atoms with E-state index in [2.05, 4.69) is 25.7 Å². The van der Waals surface area contributed by atoms with Crippen LogP contribution < -0.4 is 0 Å². The van der Waals surface area contributed by atoms with Gasteiger partial charge in [-0.2, -0.15) is 0 Å². The van der Waals surface area contributed by atoms with E-state index in [0.29, 0.717) is 13.1 Å². The SMILES string of the molecule is CC(C)(C)N1CCN(C(=O)/C=C/C(=O)O)CC1. The van der Waals surface area contributed by atoms with Gasteiger partial charge in [0.15, 0.2) is 0 Å². The standard InChI is InChI=1S/C12H20N2O3/c1-12(2,3)14-8-6-13(7-9-14)10(15)4-5-11(16)17/h4-5H,6-9H2,1-3H3,(H,16,17)/b5-4+. The van der Waals surface area contributed by atoms with Crippen LogP contribution in [0.5, 0.6) is 0 Å². The third-order valence-electron chi connectivity index (χ3n) is 2.91. The summed E-state index contributed by atoms with van der Waals surface area (Å²) in [6.45, 7) is 9.41. The van der Waals surface area contributed by atoms with Gasteiger partial charge in [-0.25, -0.2) is 4.79 Å². The van der Waals surface area contributed by atoms with E-state index in [1.807, 2.05) is 0 Å². The van der Waals surface area contributed by atoms with Gasteiger partial charge in [-0.3, -0.25) is 9.69 Å². The first kappa shape index (κ1) is 13.7. The van der Waals surface area contributed by atoms with Crippen molar-refractivity contribution in [3.05, 3.63) is 12.2 Å². The molecule has 1 aliphatic rings. The molecule has 1 rings (SSSR count). The van der Waals surface area contributed by atoms with Crippen LogP contribution in [-0.4, -0.2) is 58.5 Å². The molecule has 96 valence electrons. The normalized spacial score (nSPS) is 18.6. The van der Waals surface area contributed by atoms with E-state index in [9.17, 15) is 9.59 Å². The van der Waals surface area contributed by atoms with Crippen LogP contribution >= 0.6 is 0 Å². The Bertz CT molecular complexity index is 323. The highest BCUT2D eigenvalue weighted by Gasteiger charge is 2.26. The zero-order valence-electron chi connectivity index (χ0n) is 10.6. The molecule has 1 amide bonds. The third-order valence-corrected chi connectivity index (χ3v) is 2.91. The molecule has 1 N–H and O–H groups in total. The molecule has 0 bridgehead atoms. The Labute approximate surface area is 102 Å². The topological polar surface area (TPSA) is 60.9 Å². The first-order valence-corrected chi connectivity index (χ1v) is 5.75. The lowest BCUT2D eigenvalue weighted by Gasteiger charge is -2.42. The lowest BCUT2D eigenvalue weighted by atomic mass is 10.0. The number of aliphatic carboxylic acids is 1. The molecule has 0 aliphatic carbocycles. The molecule has 1 aliphatic heterocycles. The summed E-state index contributed by atoms with van der Waals surface area (Å²) in [5.41, 5.74) is 0.117. The van der Waals surface area contributed by atoms with E-state index in [1.54, 1.807) is 4.90 Å². The van der Waals surface area contributed by atoms with Crippen LogP contribution in [0.25, 0.3) is 0 Å². The van der Waals surface area contributed by atoms with Crippen molar-refractivity contribution in [2.45, 2.75) is 26.3 Å². The van der Waals surface area contributed by atoms with Gasteiger partial charge >= 0.3 is 5.97 Å². The number of rotatable bonds is 2. The number of hydrogen-bond donors (Lipinski definition) is 1. The fraction of sp³-hybridized carbons (Fsp3) is 0.667. The third kappa shape index (κ3) is 4.19. The number of hydrogen-bond acceptors (Lipinski definition) is 3. The van der Waals surface area contributed by atoms with Gasteiger partial charge in [0.05, 0.1) is 0 Å². The Morgan fingerprint density at radius 3 is 2.00 bits per heavy atom. The van der Waals surface area contributed by atoms with Crippen LogP contribution in [0.2, 0.25) is 0 Å². The van der Waals surface area contributed by atoms with Crippen molar-refractivity contribution in [1.29, 1.82) is 0 Å². The Kier molecular flexibility index (Phi) is 4.28. The number of carboxylic acids is 1. The highest BCUT2D eigenvalue weighted by molar-refractivity contribution is 5.93. The number of nitrogens with zero attached hydrogens (tertiary/aromatic N) is 2. The average Bonchev–Trinajstić information content (AvgIpc) is 2.25. The van der Waals surface area contributed by atoms with Gasteiger partial charge in [-0.15, -0.1) is 0 Å². The number of amides is 1. The molecular weight excluding hydrogens is 220 g/mol. The Morgan fingerprint density at radius 2 is 1.59 bits per heavy atom. The van der Waals surface area contributed by atoms with Crippen LogP contribution in [0, 0.1) is 0 Å². The summed E-state index contributed by atoms with van der Waals surface area (Å²) in [5, 5.41) is 8.44. The summed E-state index contributed by atoms with van der Waals surface area (Å²) in [7, 11) is 0. The van der Waals surface area contributed by atoms with Gasteiger partial charge in [0.25, 0.3) is 0 Å². The quantitative estimate of drug-likeness (QED) is 0.717. The maximum Gasteiger partial charge on any atom is 0.328 e. The molecule has 0 aromatic heterocycles. The Morgan fingerprint density at radius 1 is 1.06 bits per heavy atom. The second-order valence-corrected chi connectivity index (χ2v) is 5.15. The van der Waals surface area contributed by atoms with Crippen molar-refractivity contribution < 1.29 is 14.7 Å². The van der Waals surface area contributed by atoms with Gasteiger partial charge in [0.2, 0.25) is 5.91 Å². The molecular formula is C12H20N2O3. The van der Waals surface area contributed by atoms with Crippen LogP contribution in [0.4, 0.5) is 0 Å². The van der Waals surface area contributed by atoms with Crippen LogP contribution in [0.3, 0.4) is 0 Å². The van der Waals surface area contributed by atoms with Gasteiger partial charge < -0.3 is 10.0 Å². The van der Waals surface area contributed by atoms with Crippen LogP contribution in [-0.2, 0) is 9.59 Å². The fourth-order valence-corrected chi connectivity index (χ4v) is 1.85. The molecule has 0 saturated carbocycles. The van der Waals surface area contributed by atoms with Crippen molar-refractivity contribution in [2.75, 3.05) is 26.2 Å². The van der Waals surface area contributed by atoms with E-state index < -0.39 is 5.97 Å². The van der Waals surface area contributed by atoms with Crippen molar-refractivity contribution in [2.24, 2.45) is 0 Å². The monoisotopic (exact) mass is 240 g/mol. The summed E-state index contributed by atoms with van der Waals surface area (Å²) in [6, 6.07) is 0. The lowest BCUT2D eigenvalue weighted by Crippen LogP contribution is -2.54.